The standard InChI is InChI=1S/C32H25F4N5O7/c1-45-21-9-15(6-14-7-18(27(33)34)40-41-24(14)21)28(42)38-12-31(44,16-3-4-16)22-10-17-26(46-23-11-30(17,23)29(37)43)25(39-22)13-2-5-19-20(8-13)48-32(35,36)47-19/h2,5-10,16,23,27,44H,3-4,11-12H2,1H3,(H2,37,43)(H,38,42)/t23?,30-,31?/m1/s1. The summed E-state index contributed by atoms with van der Waals surface area (Å²) in [5.41, 5.74) is 3.48. The monoisotopic (exact) mass is 667 g/mol. The van der Waals surface area contributed by atoms with Crippen LogP contribution in [0.5, 0.6) is 23.0 Å². The molecule has 4 aliphatic rings. The van der Waals surface area contributed by atoms with Crippen molar-refractivity contribution < 1.29 is 51.2 Å². The average Bonchev–Trinajstić information content (AvgIpc) is 3.98. The molecule has 2 aliphatic carbocycles. The van der Waals surface area contributed by atoms with Gasteiger partial charge in [-0.05, 0) is 61.2 Å². The van der Waals surface area contributed by atoms with Crippen LogP contribution >= 0.6 is 0 Å². The van der Waals surface area contributed by atoms with E-state index >= 15 is 0 Å². The maximum Gasteiger partial charge on any atom is 0.586 e. The molecule has 0 saturated heterocycles. The molecule has 2 amide bonds. The summed E-state index contributed by atoms with van der Waals surface area (Å²) in [7, 11) is 1.33. The van der Waals surface area contributed by atoms with Crippen molar-refractivity contribution in [3.05, 3.63) is 65.0 Å². The first-order chi connectivity index (χ1) is 22.8. The van der Waals surface area contributed by atoms with Crippen LogP contribution in [-0.4, -0.2) is 58.2 Å². The van der Waals surface area contributed by atoms with Crippen molar-refractivity contribution in [3.63, 3.8) is 0 Å². The zero-order chi connectivity index (χ0) is 33.7. The van der Waals surface area contributed by atoms with Crippen molar-refractivity contribution in [3.8, 4) is 34.3 Å². The van der Waals surface area contributed by atoms with Gasteiger partial charge in [-0.3, -0.25) is 9.59 Å². The highest BCUT2D eigenvalue weighted by molar-refractivity contribution is 6.00. The van der Waals surface area contributed by atoms with Crippen molar-refractivity contribution in [2.45, 2.75) is 49.1 Å². The number of fused-ring (bicyclic) bond motifs is 5. The van der Waals surface area contributed by atoms with Gasteiger partial charge in [0.05, 0.1) is 19.3 Å². The summed E-state index contributed by atoms with van der Waals surface area (Å²) in [6, 6.07) is 9.44. The number of pyridine rings is 1. The van der Waals surface area contributed by atoms with Gasteiger partial charge in [0.25, 0.3) is 12.3 Å². The van der Waals surface area contributed by atoms with Crippen molar-refractivity contribution >= 4 is 22.7 Å². The molecule has 0 spiro atoms. The summed E-state index contributed by atoms with van der Waals surface area (Å²) in [5, 5.41) is 22.5. The molecule has 4 aromatic rings. The summed E-state index contributed by atoms with van der Waals surface area (Å²) >= 11 is 0. The van der Waals surface area contributed by atoms with E-state index in [1.54, 1.807) is 6.07 Å². The number of nitrogens with zero attached hydrogens (tertiary/aromatic N) is 3. The predicted octanol–water partition coefficient (Wildman–Crippen LogP) is 3.87. The highest BCUT2D eigenvalue weighted by atomic mass is 19.3. The lowest BCUT2D eigenvalue weighted by Gasteiger charge is -2.30. The minimum absolute atomic E-state index is 0.0485. The van der Waals surface area contributed by atoms with E-state index in [1.165, 1.54) is 37.4 Å². The molecule has 2 unspecified atom stereocenters. The summed E-state index contributed by atoms with van der Waals surface area (Å²) in [6.07, 6.45) is -5.80. The number of nitrogens with two attached hydrogens (primary N) is 1. The molecule has 12 nitrogen and oxygen atoms in total. The average molecular weight is 668 g/mol. The van der Waals surface area contributed by atoms with Crippen LogP contribution in [0.15, 0.2) is 42.5 Å². The third-order valence-electron chi connectivity index (χ3n) is 9.32. The number of primary amides is 1. The van der Waals surface area contributed by atoms with E-state index in [1.807, 2.05) is 0 Å². The SMILES string of the molecule is COc1cc(C(=O)NCC(O)(c2cc3c(c(-c4ccc5c(c4)OC(F)(F)O5)n2)OC2C[C@@]32C(N)=O)C2CC2)cc2cc(C(F)F)nnc12. The number of rotatable bonds is 9. The summed E-state index contributed by atoms with van der Waals surface area (Å²) in [5.74, 6) is -1.71. The smallest absolute Gasteiger partial charge is 0.494 e. The summed E-state index contributed by atoms with van der Waals surface area (Å²) in [6.45, 7) is -0.333. The second kappa shape index (κ2) is 10.1. The van der Waals surface area contributed by atoms with Crippen LogP contribution in [0.2, 0.25) is 0 Å². The van der Waals surface area contributed by atoms with E-state index in [2.05, 4.69) is 25.0 Å². The molecule has 4 heterocycles. The Bertz CT molecular complexity index is 2060. The first-order valence-electron chi connectivity index (χ1n) is 14.9. The topological polar surface area (TPSA) is 168 Å². The zero-order valence-corrected chi connectivity index (χ0v) is 24.9. The molecule has 0 radical (unpaired) electrons. The molecule has 2 aromatic carbocycles. The molecular weight excluding hydrogens is 642 g/mol. The van der Waals surface area contributed by atoms with Gasteiger partial charge >= 0.3 is 6.29 Å². The van der Waals surface area contributed by atoms with Crippen LogP contribution in [0, 0.1) is 5.92 Å². The van der Waals surface area contributed by atoms with E-state index in [0.717, 1.165) is 6.07 Å². The molecule has 8 rings (SSSR count). The fourth-order valence-corrected chi connectivity index (χ4v) is 6.55. The van der Waals surface area contributed by atoms with E-state index in [4.69, 9.17) is 20.2 Å². The lowest BCUT2D eigenvalue weighted by atomic mass is 9.87. The highest BCUT2D eigenvalue weighted by Gasteiger charge is 2.68. The van der Waals surface area contributed by atoms with Crippen molar-refractivity contribution in [1.29, 1.82) is 0 Å². The lowest BCUT2D eigenvalue weighted by molar-refractivity contribution is -0.286. The first-order valence-corrected chi connectivity index (χ1v) is 14.9. The maximum atomic E-state index is 13.8. The van der Waals surface area contributed by atoms with Gasteiger partial charge in [-0.15, -0.1) is 19.0 Å². The van der Waals surface area contributed by atoms with Gasteiger partial charge in [0.1, 0.15) is 39.8 Å². The number of ether oxygens (including phenoxy) is 4. The van der Waals surface area contributed by atoms with Crippen LogP contribution in [0.4, 0.5) is 17.6 Å². The predicted molar refractivity (Wildman–Crippen MR) is 156 cm³/mol. The number of aromatic nitrogens is 3. The molecule has 248 valence electrons. The third-order valence-corrected chi connectivity index (χ3v) is 9.32. The van der Waals surface area contributed by atoms with Gasteiger partial charge in [-0.25, -0.2) is 13.8 Å². The number of carbonyl (C=O) groups excluding carboxylic acids is 2. The number of aliphatic hydroxyl groups is 1. The van der Waals surface area contributed by atoms with Gasteiger partial charge in [0, 0.05) is 28.5 Å². The lowest BCUT2D eigenvalue weighted by Crippen LogP contribution is -2.43. The number of benzene rings is 2. The van der Waals surface area contributed by atoms with E-state index < -0.39 is 47.3 Å². The Morgan fingerprint density at radius 1 is 1.12 bits per heavy atom. The Balaban J connectivity index is 1.17. The zero-order valence-electron chi connectivity index (χ0n) is 24.9. The molecule has 2 aliphatic heterocycles. The maximum absolute atomic E-state index is 13.8. The largest absolute Gasteiger partial charge is 0.586 e. The number of hydrogen-bond acceptors (Lipinski definition) is 10. The first kappa shape index (κ1) is 30.1. The fraction of sp³-hybridized carbons (Fsp3) is 0.344. The Labute approximate surface area is 268 Å². The molecule has 48 heavy (non-hydrogen) atoms. The normalized spacial score (nSPS) is 22.4. The highest BCUT2D eigenvalue weighted by Crippen LogP contribution is 2.62. The fourth-order valence-electron chi connectivity index (χ4n) is 6.55. The molecular formula is C32H25F4N5O7. The Morgan fingerprint density at radius 3 is 2.60 bits per heavy atom. The second-order valence-electron chi connectivity index (χ2n) is 12.3. The number of nitrogens with one attached hydrogen (secondary N) is 1. The van der Waals surface area contributed by atoms with E-state index in [0.29, 0.717) is 24.8 Å². The Kier molecular flexibility index (Phi) is 6.35. The van der Waals surface area contributed by atoms with Crippen molar-refractivity contribution in [2.24, 2.45) is 11.7 Å². The van der Waals surface area contributed by atoms with Crippen molar-refractivity contribution in [2.75, 3.05) is 13.7 Å². The Morgan fingerprint density at radius 2 is 1.90 bits per heavy atom. The van der Waals surface area contributed by atoms with Gasteiger partial charge < -0.3 is 35.1 Å². The minimum atomic E-state index is -3.86. The molecule has 2 aromatic heterocycles. The van der Waals surface area contributed by atoms with Gasteiger partial charge in [-0.2, -0.15) is 0 Å². The molecule has 3 atom stereocenters. The quantitative estimate of drug-likeness (QED) is 0.223. The van der Waals surface area contributed by atoms with E-state index in [-0.39, 0.29) is 68.9 Å². The Hall–Kier alpha value is -5.25. The van der Waals surface area contributed by atoms with Gasteiger partial charge in [0.2, 0.25) is 5.91 Å². The number of methoxy groups -OCH3 is 1. The van der Waals surface area contributed by atoms with Gasteiger partial charge in [0.15, 0.2) is 17.2 Å². The number of amides is 2. The number of hydrogen-bond donors (Lipinski definition) is 3. The number of carbonyl (C=O) groups is 2. The van der Waals surface area contributed by atoms with Gasteiger partial charge in [-0.1, -0.05) is 0 Å². The van der Waals surface area contributed by atoms with Crippen LogP contribution in [0.1, 0.15) is 53.0 Å². The molecule has 2 saturated carbocycles. The number of alkyl halides is 4. The van der Waals surface area contributed by atoms with Crippen LogP contribution in [0.25, 0.3) is 22.2 Å². The van der Waals surface area contributed by atoms with Crippen LogP contribution < -0.4 is 30.0 Å². The summed E-state index contributed by atoms with van der Waals surface area (Å²) < 4.78 is 74.8. The minimum Gasteiger partial charge on any atom is -0.494 e. The van der Waals surface area contributed by atoms with E-state index in [9.17, 15) is 32.3 Å². The molecule has 2 fully saturated rings. The van der Waals surface area contributed by atoms with Crippen LogP contribution in [-0.2, 0) is 15.8 Å². The third kappa shape index (κ3) is 4.57. The second-order valence-corrected chi connectivity index (χ2v) is 12.3. The molecule has 0 bridgehead atoms. The van der Waals surface area contributed by atoms with Crippen molar-refractivity contribution in [1.82, 2.24) is 20.5 Å². The molecule has 4 N–H and O–H groups in total. The van der Waals surface area contributed by atoms with Crippen LogP contribution in [0.3, 0.4) is 0 Å². The molecule has 16 heteroatoms. The number of halogens is 4. The summed E-state index contributed by atoms with van der Waals surface area (Å²) in [4.78, 5) is 30.9.